The van der Waals surface area contributed by atoms with Gasteiger partial charge in [0.05, 0.1) is 17.0 Å². The summed E-state index contributed by atoms with van der Waals surface area (Å²) < 4.78 is 0. The molecule has 1 atom stereocenters. The summed E-state index contributed by atoms with van der Waals surface area (Å²) in [5.74, 6) is 0.223. The number of hydrogen-bond donors (Lipinski definition) is 3. The Morgan fingerprint density at radius 2 is 2.29 bits per heavy atom. The molecule has 0 aliphatic rings. The molecule has 0 radical (unpaired) electrons. The van der Waals surface area contributed by atoms with Gasteiger partial charge in [0.2, 0.25) is 11.9 Å². The monoisotopic (exact) mass is 232 g/mol. The van der Waals surface area contributed by atoms with Crippen LogP contribution < -0.4 is 11.1 Å². The number of benzene rings is 1. The van der Waals surface area contributed by atoms with Crippen LogP contribution >= 0.6 is 0 Å². The third kappa shape index (κ3) is 2.45. The van der Waals surface area contributed by atoms with E-state index >= 15 is 0 Å². The molecule has 1 unspecified atom stereocenters. The average Bonchev–Trinajstić information content (AvgIpc) is 2.72. The van der Waals surface area contributed by atoms with Crippen molar-refractivity contribution in [3.8, 4) is 0 Å². The zero-order valence-corrected chi connectivity index (χ0v) is 9.73. The number of carbonyl (C=O) groups excluding carboxylic acids is 1. The van der Waals surface area contributed by atoms with Crippen molar-refractivity contribution in [2.45, 2.75) is 13.3 Å². The van der Waals surface area contributed by atoms with Crippen LogP contribution in [0.15, 0.2) is 24.3 Å². The number of nitrogens with two attached hydrogens (primary N) is 1. The van der Waals surface area contributed by atoms with Crippen LogP contribution in [0.1, 0.15) is 13.3 Å². The van der Waals surface area contributed by atoms with Gasteiger partial charge >= 0.3 is 0 Å². The molecule has 0 aliphatic carbocycles. The van der Waals surface area contributed by atoms with Crippen molar-refractivity contribution in [1.82, 2.24) is 9.97 Å². The third-order valence-corrected chi connectivity index (χ3v) is 2.78. The van der Waals surface area contributed by atoms with Gasteiger partial charge in [-0.05, 0) is 18.6 Å². The Morgan fingerprint density at radius 1 is 1.53 bits per heavy atom. The van der Waals surface area contributed by atoms with E-state index in [2.05, 4.69) is 15.3 Å². The van der Waals surface area contributed by atoms with Crippen molar-refractivity contribution in [3.63, 3.8) is 0 Å². The fraction of sp³-hybridized carbons (Fsp3) is 0.333. The molecule has 5 nitrogen and oxygen atoms in total. The average molecular weight is 232 g/mol. The molecule has 4 N–H and O–H groups in total. The highest BCUT2D eigenvalue weighted by Gasteiger charge is 2.15. The number of nitrogens with zero attached hydrogens (tertiary/aromatic N) is 1. The Morgan fingerprint density at radius 3 is 2.94 bits per heavy atom. The van der Waals surface area contributed by atoms with Crippen molar-refractivity contribution in [2.75, 3.05) is 11.9 Å². The van der Waals surface area contributed by atoms with E-state index in [9.17, 15) is 4.79 Å². The predicted molar refractivity (Wildman–Crippen MR) is 67.6 cm³/mol. The van der Waals surface area contributed by atoms with Gasteiger partial charge in [-0.3, -0.25) is 10.1 Å². The molecule has 1 aromatic heterocycles. The number of para-hydroxylation sites is 2. The molecular weight excluding hydrogens is 216 g/mol. The lowest BCUT2D eigenvalue weighted by Crippen LogP contribution is -2.29. The first kappa shape index (κ1) is 11.6. The number of aromatic amines is 1. The SMILES string of the molecule is CCC(CN)C(=O)Nc1nc2ccccc2[nH]1. The van der Waals surface area contributed by atoms with Crippen molar-refractivity contribution < 1.29 is 4.79 Å². The Bertz CT molecular complexity index is 483. The second-order valence-electron chi connectivity index (χ2n) is 3.93. The Labute approximate surface area is 99.4 Å². The molecule has 2 rings (SSSR count). The van der Waals surface area contributed by atoms with E-state index in [1.165, 1.54) is 0 Å². The van der Waals surface area contributed by atoms with Crippen molar-refractivity contribution >= 4 is 22.9 Å². The summed E-state index contributed by atoms with van der Waals surface area (Å²) in [6.45, 7) is 2.29. The molecule has 17 heavy (non-hydrogen) atoms. The minimum Gasteiger partial charge on any atom is -0.330 e. The molecule has 1 aromatic carbocycles. The van der Waals surface area contributed by atoms with E-state index < -0.39 is 0 Å². The second kappa shape index (κ2) is 4.97. The van der Waals surface area contributed by atoms with Crippen LogP contribution in [0.25, 0.3) is 11.0 Å². The summed E-state index contributed by atoms with van der Waals surface area (Å²) in [5.41, 5.74) is 7.26. The van der Waals surface area contributed by atoms with Crippen molar-refractivity contribution in [2.24, 2.45) is 11.7 Å². The fourth-order valence-corrected chi connectivity index (χ4v) is 1.69. The highest BCUT2D eigenvalue weighted by molar-refractivity contribution is 5.92. The standard InChI is InChI=1S/C12H16N4O/c1-2-8(7-13)11(17)16-12-14-9-5-3-4-6-10(9)15-12/h3-6,8H,2,7,13H2,1H3,(H2,14,15,16,17). The first-order chi connectivity index (χ1) is 8.24. The molecule has 1 amide bonds. The largest absolute Gasteiger partial charge is 0.330 e. The smallest absolute Gasteiger partial charge is 0.231 e. The predicted octanol–water partition coefficient (Wildman–Crippen LogP) is 1.49. The molecule has 0 saturated carbocycles. The number of imidazole rings is 1. The zero-order valence-electron chi connectivity index (χ0n) is 9.73. The molecule has 0 saturated heterocycles. The van der Waals surface area contributed by atoms with Gasteiger partial charge in [-0.25, -0.2) is 4.98 Å². The summed E-state index contributed by atoms with van der Waals surface area (Å²) in [6.07, 6.45) is 0.725. The van der Waals surface area contributed by atoms with E-state index in [0.717, 1.165) is 17.5 Å². The Kier molecular flexibility index (Phi) is 3.39. The molecule has 2 aromatic rings. The lowest BCUT2D eigenvalue weighted by molar-refractivity contribution is -0.119. The molecule has 1 heterocycles. The maximum absolute atomic E-state index is 11.8. The summed E-state index contributed by atoms with van der Waals surface area (Å²) >= 11 is 0. The second-order valence-corrected chi connectivity index (χ2v) is 3.93. The van der Waals surface area contributed by atoms with Gasteiger partial charge in [-0.1, -0.05) is 19.1 Å². The van der Waals surface area contributed by atoms with Gasteiger partial charge in [-0.2, -0.15) is 0 Å². The quantitative estimate of drug-likeness (QED) is 0.746. The van der Waals surface area contributed by atoms with Crippen molar-refractivity contribution in [1.29, 1.82) is 0 Å². The van der Waals surface area contributed by atoms with Gasteiger partial charge in [0.25, 0.3) is 0 Å². The highest BCUT2D eigenvalue weighted by Crippen LogP contribution is 2.14. The number of amides is 1. The summed E-state index contributed by atoms with van der Waals surface area (Å²) in [7, 11) is 0. The number of aromatic nitrogens is 2. The molecule has 0 spiro atoms. The van der Waals surface area contributed by atoms with Crippen LogP contribution in [0.4, 0.5) is 5.95 Å². The number of hydrogen-bond acceptors (Lipinski definition) is 3. The van der Waals surface area contributed by atoms with Gasteiger partial charge < -0.3 is 10.7 Å². The van der Waals surface area contributed by atoms with E-state index in [-0.39, 0.29) is 11.8 Å². The first-order valence-electron chi connectivity index (χ1n) is 5.70. The van der Waals surface area contributed by atoms with Gasteiger partial charge in [0, 0.05) is 6.54 Å². The third-order valence-electron chi connectivity index (χ3n) is 2.78. The van der Waals surface area contributed by atoms with Crippen LogP contribution in [0.3, 0.4) is 0 Å². The lowest BCUT2D eigenvalue weighted by atomic mass is 10.1. The zero-order chi connectivity index (χ0) is 12.3. The fourth-order valence-electron chi connectivity index (χ4n) is 1.69. The number of fused-ring (bicyclic) bond motifs is 1. The summed E-state index contributed by atoms with van der Waals surface area (Å²) in [6, 6.07) is 7.63. The normalized spacial score (nSPS) is 12.6. The number of nitrogens with one attached hydrogen (secondary N) is 2. The summed E-state index contributed by atoms with van der Waals surface area (Å²) in [5, 5.41) is 2.75. The summed E-state index contributed by atoms with van der Waals surface area (Å²) in [4.78, 5) is 19.1. The van der Waals surface area contributed by atoms with Gasteiger partial charge in [0.15, 0.2) is 0 Å². The Hall–Kier alpha value is -1.88. The molecule has 0 fully saturated rings. The number of carbonyl (C=O) groups is 1. The molecule has 0 aliphatic heterocycles. The Balaban J connectivity index is 2.15. The molecule has 90 valence electrons. The van der Waals surface area contributed by atoms with Gasteiger partial charge in [-0.15, -0.1) is 0 Å². The topological polar surface area (TPSA) is 83.8 Å². The maximum atomic E-state index is 11.8. The number of rotatable bonds is 4. The molecule has 5 heteroatoms. The first-order valence-corrected chi connectivity index (χ1v) is 5.70. The molecular formula is C12H16N4O. The lowest BCUT2D eigenvalue weighted by Gasteiger charge is -2.10. The number of anilines is 1. The van der Waals surface area contributed by atoms with E-state index in [4.69, 9.17) is 5.73 Å². The van der Waals surface area contributed by atoms with Crippen LogP contribution in [0, 0.1) is 5.92 Å². The van der Waals surface area contributed by atoms with Crippen LogP contribution in [0.5, 0.6) is 0 Å². The van der Waals surface area contributed by atoms with Crippen LogP contribution in [-0.2, 0) is 4.79 Å². The minimum absolute atomic E-state index is 0.0888. The van der Waals surface area contributed by atoms with E-state index in [1.807, 2.05) is 31.2 Å². The minimum atomic E-state index is -0.164. The maximum Gasteiger partial charge on any atom is 0.231 e. The van der Waals surface area contributed by atoms with E-state index in [0.29, 0.717) is 12.5 Å². The molecule has 0 bridgehead atoms. The van der Waals surface area contributed by atoms with Crippen molar-refractivity contribution in [3.05, 3.63) is 24.3 Å². The van der Waals surface area contributed by atoms with Crippen LogP contribution in [-0.4, -0.2) is 22.4 Å². The number of H-pyrrole nitrogens is 1. The highest BCUT2D eigenvalue weighted by atomic mass is 16.2. The van der Waals surface area contributed by atoms with Gasteiger partial charge in [0.1, 0.15) is 0 Å². The van der Waals surface area contributed by atoms with Crippen LogP contribution in [0.2, 0.25) is 0 Å². The van der Waals surface area contributed by atoms with E-state index in [1.54, 1.807) is 0 Å².